The Morgan fingerprint density at radius 1 is 1.47 bits per heavy atom. The molecule has 2 rings (SSSR count). The van der Waals surface area contributed by atoms with Gasteiger partial charge in [0.05, 0.1) is 6.61 Å². The van der Waals surface area contributed by atoms with Crippen molar-refractivity contribution in [3.63, 3.8) is 0 Å². The van der Waals surface area contributed by atoms with Crippen LogP contribution in [0.15, 0.2) is 12.1 Å². The molecule has 1 aliphatic heterocycles. The Labute approximate surface area is 90.8 Å². The molecule has 0 amide bonds. The first kappa shape index (κ1) is 10.6. The third kappa shape index (κ3) is 2.55. The van der Waals surface area contributed by atoms with Gasteiger partial charge in [-0.25, -0.2) is 0 Å². The number of nitrogens with zero attached hydrogens (tertiary/aromatic N) is 2. The molecule has 1 aromatic rings. The van der Waals surface area contributed by atoms with E-state index in [4.69, 9.17) is 5.11 Å². The minimum atomic E-state index is 0.245. The average molecular weight is 206 g/mol. The van der Waals surface area contributed by atoms with Crippen molar-refractivity contribution in [2.75, 3.05) is 19.7 Å². The summed E-state index contributed by atoms with van der Waals surface area (Å²) in [6.07, 6.45) is 2.21. The molecule has 0 radical (unpaired) electrons. The molecule has 2 heterocycles. The zero-order chi connectivity index (χ0) is 10.7. The Morgan fingerprint density at radius 2 is 2.33 bits per heavy atom. The van der Waals surface area contributed by atoms with Gasteiger partial charge in [0.2, 0.25) is 0 Å². The smallest absolute Gasteiger partial charge is 0.0558 e. The maximum Gasteiger partial charge on any atom is 0.0558 e. The maximum atomic E-state index is 8.95. The summed E-state index contributed by atoms with van der Waals surface area (Å²) in [5.74, 6) is 0. The Hall–Kier alpha value is -0.930. The lowest BCUT2D eigenvalue weighted by Gasteiger charge is -2.18. The molecular weight excluding hydrogens is 188 g/mol. The number of rotatable bonds is 2. The Kier molecular flexibility index (Phi) is 3.34. The molecule has 15 heavy (non-hydrogen) atoms. The van der Waals surface area contributed by atoms with E-state index < -0.39 is 0 Å². The van der Waals surface area contributed by atoms with E-state index in [9.17, 15) is 0 Å². The van der Waals surface area contributed by atoms with Gasteiger partial charge in [-0.2, -0.15) is 0 Å². The molecule has 0 bridgehead atoms. The van der Waals surface area contributed by atoms with Crippen LogP contribution in [0.2, 0.25) is 0 Å². The number of fused-ring (bicyclic) bond motifs is 1. The Balaban J connectivity index is 2.18. The molecular formula is C12H18N2O. The number of β-amino-alcohol motifs (C(OH)–C–C–N with tert-alkyl or cyclic N) is 1. The molecule has 0 fully saturated rings. The lowest BCUT2D eigenvalue weighted by Crippen LogP contribution is -2.26. The Morgan fingerprint density at radius 3 is 3.13 bits per heavy atom. The van der Waals surface area contributed by atoms with Crippen LogP contribution in [0.25, 0.3) is 0 Å². The van der Waals surface area contributed by atoms with Crippen LogP contribution in [0.3, 0.4) is 0 Å². The summed E-state index contributed by atoms with van der Waals surface area (Å²) in [7, 11) is 0. The van der Waals surface area contributed by atoms with Crippen molar-refractivity contribution < 1.29 is 5.11 Å². The monoisotopic (exact) mass is 206 g/mol. The van der Waals surface area contributed by atoms with Crippen molar-refractivity contribution in [2.45, 2.75) is 26.3 Å². The van der Waals surface area contributed by atoms with Crippen molar-refractivity contribution in [2.24, 2.45) is 0 Å². The number of pyridine rings is 1. The minimum absolute atomic E-state index is 0.245. The zero-order valence-corrected chi connectivity index (χ0v) is 9.24. The van der Waals surface area contributed by atoms with Crippen LogP contribution in [0, 0.1) is 6.92 Å². The van der Waals surface area contributed by atoms with Gasteiger partial charge in [-0.1, -0.05) is 6.07 Å². The van der Waals surface area contributed by atoms with Gasteiger partial charge in [0.1, 0.15) is 0 Å². The zero-order valence-electron chi connectivity index (χ0n) is 9.24. The number of aromatic nitrogens is 1. The molecule has 1 aromatic heterocycles. The molecule has 82 valence electrons. The van der Waals surface area contributed by atoms with Crippen LogP contribution in [0.4, 0.5) is 0 Å². The first-order chi connectivity index (χ1) is 7.29. The van der Waals surface area contributed by atoms with E-state index in [1.807, 2.05) is 6.92 Å². The molecule has 3 heteroatoms. The van der Waals surface area contributed by atoms with Crippen molar-refractivity contribution in [3.05, 3.63) is 29.1 Å². The first-order valence-electron chi connectivity index (χ1n) is 5.58. The second-order valence-corrected chi connectivity index (χ2v) is 4.16. The van der Waals surface area contributed by atoms with Crippen molar-refractivity contribution in [1.82, 2.24) is 9.88 Å². The van der Waals surface area contributed by atoms with E-state index in [0.717, 1.165) is 38.2 Å². The van der Waals surface area contributed by atoms with E-state index in [1.54, 1.807) is 0 Å². The molecule has 0 unspecified atom stereocenters. The van der Waals surface area contributed by atoms with E-state index in [0.29, 0.717) is 0 Å². The van der Waals surface area contributed by atoms with Gasteiger partial charge in [0, 0.05) is 24.5 Å². The Bertz CT molecular complexity index is 338. The van der Waals surface area contributed by atoms with E-state index in [-0.39, 0.29) is 6.61 Å². The summed E-state index contributed by atoms with van der Waals surface area (Å²) in [4.78, 5) is 6.87. The van der Waals surface area contributed by atoms with E-state index in [2.05, 4.69) is 22.0 Å². The highest BCUT2D eigenvalue weighted by Gasteiger charge is 2.14. The van der Waals surface area contributed by atoms with Gasteiger partial charge in [-0.3, -0.25) is 9.88 Å². The van der Waals surface area contributed by atoms with Gasteiger partial charge < -0.3 is 5.11 Å². The van der Waals surface area contributed by atoms with Gasteiger partial charge in [0.15, 0.2) is 0 Å². The van der Waals surface area contributed by atoms with Crippen LogP contribution in [0.1, 0.15) is 23.4 Å². The fraction of sp³-hybridized carbons (Fsp3) is 0.583. The van der Waals surface area contributed by atoms with Crippen molar-refractivity contribution in [3.8, 4) is 0 Å². The lowest BCUT2D eigenvalue weighted by molar-refractivity contribution is 0.192. The summed E-state index contributed by atoms with van der Waals surface area (Å²) in [5.41, 5.74) is 3.67. The number of aliphatic hydroxyl groups excluding tert-OH is 1. The van der Waals surface area contributed by atoms with Crippen molar-refractivity contribution >= 4 is 0 Å². The molecule has 0 atom stereocenters. The normalized spacial score (nSPS) is 17.2. The van der Waals surface area contributed by atoms with E-state index >= 15 is 0 Å². The largest absolute Gasteiger partial charge is 0.395 e. The molecule has 0 aromatic carbocycles. The second kappa shape index (κ2) is 4.73. The van der Waals surface area contributed by atoms with Crippen LogP contribution in [-0.2, 0) is 13.0 Å². The van der Waals surface area contributed by atoms with E-state index in [1.165, 1.54) is 11.3 Å². The summed E-state index contributed by atoms with van der Waals surface area (Å²) >= 11 is 0. The lowest BCUT2D eigenvalue weighted by atomic mass is 10.1. The fourth-order valence-corrected chi connectivity index (χ4v) is 2.12. The SMILES string of the molecule is Cc1ccc2c(n1)CCCN(CCO)C2. The van der Waals surface area contributed by atoms with Gasteiger partial charge in [-0.05, 0) is 37.9 Å². The molecule has 3 nitrogen and oxygen atoms in total. The van der Waals surface area contributed by atoms with Crippen LogP contribution >= 0.6 is 0 Å². The summed E-state index contributed by atoms with van der Waals surface area (Å²) in [6, 6.07) is 4.24. The molecule has 0 aliphatic carbocycles. The highest BCUT2D eigenvalue weighted by molar-refractivity contribution is 5.23. The fourth-order valence-electron chi connectivity index (χ4n) is 2.12. The average Bonchev–Trinajstić information content (AvgIpc) is 2.40. The molecule has 0 spiro atoms. The second-order valence-electron chi connectivity index (χ2n) is 4.16. The highest BCUT2D eigenvalue weighted by Crippen LogP contribution is 2.16. The minimum Gasteiger partial charge on any atom is -0.395 e. The number of aliphatic hydroxyl groups is 1. The van der Waals surface area contributed by atoms with Crippen LogP contribution in [0.5, 0.6) is 0 Å². The van der Waals surface area contributed by atoms with Gasteiger partial charge >= 0.3 is 0 Å². The standard InChI is InChI=1S/C12H18N2O/c1-10-4-5-11-9-14(7-8-15)6-2-3-12(11)13-10/h4-5,15H,2-3,6-9H2,1H3. The van der Waals surface area contributed by atoms with Crippen molar-refractivity contribution in [1.29, 1.82) is 0 Å². The summed E-state index contributed by atoms with van der Waals surface area (Å²) < 4.78 is 0. The third-order valence-electron chi connectivity index (χ3n) is 2.91. The molecule has 1 N–H and O–H groups in total. The van der Waals surface area contributed by atoms with Gasteiger partial charge in [0.25, 0.3) is 0 Å². The molecule has 0 saturated carbocycles. The number of hydrogen-bond donors (Lipinski definition) is 1. The van der Waals surface area contributed by atoms with Gasteiger partial charge in [-0.15, -0.1) is 0 Å². The highest BCUT2D eigenvalue weighted by atomic mass is 16.3. The molecule has 1 aliphatic rings. The maximum absolute atomic E-state index is 8.95. The first-order valence-corrected chi connectivity index (χ1v) is 5.58. The summed E-state index contributed by atoms with van der Waals surface area (Å²) in [5, 5.41) is 8.95. The quantitative estimate of drug-likeness (QED) is 0.788. The third-order valence-corrected chi connectivity index (χ3v) is 2.91. The molecule has 0 saturated heterocycles. The number of aryl methyl sites for hydroxylation is 2. The topological polar surface area (TPSA) is 36.4 Å². The number of hydrogen-bond acceptors (Lipinski definition) is 3. The predicted molar refractivity (Wildman–Crippen MR) is 59.7 cm³/mol. The summed E-state index contributed by atoms with van der Waals surface area (Å²) in [6.45, 7) is 5.05. The van der Waals surface area contributed by atoms with Crippen LogP contribution < -0.4 is 0 Å². The predicted octanol–water partition coefficient (Wildman–Crippen LogP) is 1.13. The van der Waals surface area contributed by atoms with Crippen LogP contribution in [-0.4, -0.2) is 34.7 Å².